The Bertz CT molecular complexity index is 563. The average Bonchev–Trinajstić information content (AvgIpc) is 2.55. The van der Waals surface area contributed by atoms with E-state index >= 15 is 0 Å². The predicted molar refractivity (Wildman–Crippen MR) is 95.2 cm³/mol. The maximum Gasteiger partial charge on any atom is 0.331 e. The number of benzene rings is 1. The Morgan fingerprint density at radius 3 is 2.70 bits per heavy atom. The molecule has 5 nitrogen and oxygen atoms in total. The van der Waals surface area contributed by atoms with Crippen molar-refractivity contribution in [3.8, 4) is 5.75 Å². The van der Waals surface area contributed by atoms with Gasteiger partial charge in [0, 0.05) is 12.1 Å². The Hall–Kier alpha value is -1.11. The van der Waals surface area contributed by atoms with Crippen LogP contribution in [-0.4, -0.2) is 22.8 Å². The van der Waals surface area contributed by atoms with Gasteiger partial charge < -0.3 is 15.5 Å². The first kappa shape index (κ1) is 18.2. The fraction of sp³-hybridized carbons (Fsp3) is 0.562. The number of urea groups is 1. The number of carbonyl (C=O) groups excluding carboxylic acids is 1. The summed E-state index contributed by atoms with van der Waals surface area (Å²) in [7, 11) is 0. The molecule has 0 aliphatic heterocycles. The van der Waals surface area contributed by atoms with Crippen LogP contribution in [0.1, 0.15) is 50.7 Å². The number of halogens is 1. The second-order valence-electron chi connectivity index (χ2n) is 6.04. The standard InChI is InChI=1S/C16H23ClN2O3S/c1-10(20)13-7-12(8-14(17)15(13)21)19(23)16(22)18-9-11-5-3-2-4-6-11/h7-8,10-11,20-21,23H,2-6,9H2,1H3,(H,18,22). The van der Waals surface area contributed by atoms with Gasteiger partial charge in [-0.1, -0.05) is 43.7 Å². The van der Waals surface area contributed by atoms with Gasteiger partial charge in [-0.05, 0) is 37.8 Å². The number of nitrogens with zero attached hydrogens (tertiary/aromatic N) is 1. The number of rotatable bonds is 4. The number of phenols is 1. The number of aliphatic hydroxyl groups is 1. The topological polar surface area (TPSA) is 72.8 Å². The molecule has 23 heavy (non-hydrogen) atoms. The molecular weight excluding hydrogens is 336 g/mol. The van der Waals surface area contributed by atoms with E-state index in [4.69, 9.17) is 11.6 Å². The van der Waals surface area contributed by atoms with Crippen LogP contribution >= 0.6 is 24.4 Å². The van der Waals surface area contributed by atoms with Crippen LogP contribution in [0.3, 0.4) is 0 Å². The number of hydrogen-bond acceptors (Lipinski definition) is 4. The van der Waals surface area contributed by atoms with Gasteiger partial charge in [-0.15, -0.1) is 0 Å². The molecule has 0 spiro atoms. The molecule has 1 atom stereocenters. The van der Waals surface area contributed by atoms with Crippen molar-refractivity contribution in [3.63, 3.8) is 0 Å². The lowest BCUT2D eigenvalue weighted by Crippen LogP contribution is -2.37. The quantitative estimate of drug-likeness (QED) is 0.614. The molecule has 1 aromatic carbocycles. The van der Waals surface area contributed by atoms with Crippen molar-refractivity contribution in [3.05, 3.63) is 22.7 Å². The summed E-state index contributed by atoms with van der Waals surface area (Å²) in [6.07, 6.45) is 5.10. The summed E-state index contributed by atoms with van der Waals surface area (Å²) in [5.74, 6) is 0.334. The summed E-state index contributed by atoms with van der Waals surface area (Å²) in [6, 6.07) is 2.59. The van der Waals surface area contributed by atoms with E-state index < -0.39 is 6.10 Å². The number of anilines is 1. The maximum atomic E-state index is 12.2. The zero-order valence-electron chi connectivity index (χ0n) is 13.1. The van der Waals surface area contributed by atoms with Crippen LogP contribution < -0.4 is 9.62 Å². The molecule has 2 rings (SSSR count). The molecule has 1 unspecified atom stereocenters. The van der Waals surface area contributed by atoms with Crippen LogP contribution in [0.15, 0.2) is 12.1 Å². The highest BCUT2D eigenvalue weighted by Gasteiger charge is 2.20. The second kappa shape index (κ2) is 8.13. The predicted octanol–water partition coefficient (Wildman–Crippen LogP) is 4.04. The Balaban J connectivity index is 2.03. The molecule has 0 bridgehead atoms. The molecule has 0 saturated heterocycles. The third-order valence-corrected chi connectivity index (χ3v) is 4.93. The van der Waals surface area contributed by atoms with E-state index in [9.17, 15) is 15.0 Å². The fourth-order valence-electron chi connectivity index (χ4n) is 2.86. The third kappa shape index (κ3) is 4.68. The molecule has 0 heterocycles. The molecule has 2 amide bonds. The van der Waals surface area contributed by atoms with E-state index in [0.29, 0.717) is 18.2 Å². The molecular formula is C16H23ClN2O3S. The smallest absolute Gasteiger partial charge is 0.331 e. The molecule has 7 heteroatoms. The van der Waals surface area contributed by atoms with Gasteiger partial charge in [-0.3, -0.25) is 0 Å². The number of aliphatic hydroxyl groups excluding tert-OH is 1. The SMILES string of the molecule is CC(O)c1cc(N(S)C(=O)NCC2CCCCC2)cc(Cl)c1O. The summed E-state index contributed by atoms with van der Waals surface area (Å²) in [5, 5.41) is 22.5. The lowest BCUT2D eigenvalue weighted by Gasteiger charge is -2.24. The number of amides is 2. The first-order chi connectivity index (χ1) is 10.9. The summed E-state index contributed by atoms with van der Waals surface area (Å²) < 4.78 is 1.14. The van der Waals surface area contributed by atoms with Crippen LogP contribution in [-0.2, 0) is 0 Å². The zero-order chi connectivity index (χ0) is 17.0. The molecule has 0 radical (unpaired) electrons. The van der Waals surface area contributed by atoms with Gasteiger partial charge in [0.1, 0.15) is 5.75 Å². The Morgan fingerprint density at radius 1 is 1.43 bits per heavy atom. The number of aromatic hydroxyl groups is 1. The van der Waals surface area contributed by atoms with Gasteiger partial charge >= 0.3 is 6.03 Å². The molecule has 1 aliphatic carbocycles. The summed E-state index contributed by atoms with van der Waals surface area (Å²) in [4.78, 5) is 12.2. The number of hydrogen-bond donors (Lipinski definition) is 4. The van der Waals surface area contributed by atoms with Gasteiger partial charge in [-0.25, -0.2) is 9.10 Å². The van der Waals surface area contributed by atoms with Crippen LogP contribution in [0.4, 0.5) is 10.5 Å². The van der Waals surface area contributed by atoms with E-state index in [2.05, 4.69) is 18.1 Å². The molecule has 1 aromatic rings. The van der Waals surface area contributed by atoms with Crippen molar-refractivity contribution in [2.45, 2.75) is 45.1 Å². The van der Waals surface area contributed by atoms with Crippen molar-refractivity contribution in [1.29, 1.82) is 0 Å². The zero-order valence-corrected chi connectivity index (χ0v) is 14.8. The van der Waals surface area contributed by atoms with E-state index in [-0.39, 0.29) is 22.4 Å². The molecule has 1 fully saturated rings. The van der Waals surface area contributed by atoms with Crippen molar-refractivity contribution in [2.75, 3.05) is 10.8 Å². The minimum atomic E-state index is -0.903. The van der Waals surface area contributed by atoms with Crippen LogP contribution in [0.5, 0.6) is 5.75 Å². The number of carbonyl (C=O) groups is 1. The van der Waals surface area contributed by atoms with E-state index in [1.165, 1.54) is 38.3 Å². The van der Waals surface area contributed by atoms with Gasteiger partial charge in [0.25, 0.3) is 0 Å². The van der Waals surface area contributed by atoms with Crippen molar-refractivity contribution >= 4 is 36.1 Å². The van der Waals surface area contributed by atoms with Crippen LogP contribution in [0, 0.1) is 5.92 Å². The minimum absolute atomic E-state index is 0.0672. The van der Waals surface area contributed by atoms with Crippen LogP contribution in [0.25, 0.3) is 0 Å². The highest BCUT2D eigenvalue weighted by Crippen LogP contribution is 2.36. The first-order valence-corrected chi connectivity index (χ1v) is 8.65. The van der Waals surface area contributed by atoms with Crippen molar-refractivity contribution in [1.82, 2.24) is 5.32 Å². The normalized spacial score (nSPS) is 16.9. The number of thiol groups is 1. The maximum absolute atomic E-state index is 12.2. The van der Waals surface area contributed by atoms with Gasteiger partial charge in [0.05, 0.1) is 16.8 Å². The Kier molecular flexibility index (Phi) is 6.44. The summed E-state index contributed by atoms with van der Waals surface area (Å²) in [6.45, 7) is 2.14. The molecule has 0 aromatic heterocycles. The second-order valence-corrected chi connectivity index (χ2v) is 6.85. The van der Waals surface area contributed by atoms with Gasteiger partial charge in [0.2, 0.25) is 0 Å². The lowest BCUT2D eigenvalue weighted by molar-refractivity contribution is 0.195. The summed E-state index contributed by atoms with van der Waals surface area (Å²) >= 11 is 10.2. The highest BCUT2D eigenvalue weighted by molar-refractivity contribution is 7.82. The molecule has 3 N–H and O–H groups in total. The average molecular weight is 359 g/mol. The van der Waals surface area contributed by atoms with Gasteiger partial charge in [0.15, 0.2) is 0 Å². The largest absolute Gasteiger partial charge is 0.506 e. The first-order valence-electron chi connectivity index (χ1n) is 7.87. The number of phenolic OH excluding ortho intramolecular Hbond substituents is 1. The Morgan fingerprint density at radius 2 is 2.09 bits per heavy atom. The lowest BCUT2D eigenvalue weighted by atomic mass is 9.89. The van der Waals surface area contributed by atoms with E-state index in [1.54, 1.807) is 0 Å². The number of nitrogens with one attached hydrogen (secondary N) is 1. The molecule has 1 aliphatic rings. The molecule has 128 valence electrons. The van der Waals surface area contributed by atoms with Crippen molar-refractivity contribution in [2.24, 2.45) is 5.92 Å². The van der Waals surface area contributed by atoms with E-state index in [0.717, 1.165) is 17.1 Å². The van der Waals surface area contributed by atoms with Gasteiger partial charge in [-0.2, -0.15) is 0 Å². The Labute approximate surface area is 147 Å². The highest BCUT2D eigenvalue weighted by atomic mass is 35.5. The van der Waals surface area contributed by atoms with E-state index in [1.807, 2.05) is 0 Å². The third-order valence-electron chi connectivity index (χ3n) is 4.23. The fourth-order valence-corrected chi connectivity index (χ4v) is 3.27. The van der Waals surface area contributed by atoms with Crippen molar-refractivity contribution < 1.29 is 15.0 Å². The summed E-state index contributed by atoms with van der Waals surface area (Å²) in [5.41, 5.74) is 0.653. The molecule has 1 saturated carbocycles. The van der Waals surface area contributed by atoms with Crippen LogP contribution in [0.2, 0.25) is 5.02 Å². The minimum Gasteiger partial charge on any atom is -0.506 e. The monoisotopic (exact) mass is 358 g/mol.